The van der Waals surface area contributed by atoms with Crippen LogP contribution in [0.1, 0.15) is 40.0 Å². The van der Waals surface area contributed by atoms with Crippen LogP contribution >= 0.6 is 0 Å². The lowest BCUT2D eigenvalue weighted by molar-refractivity contribution is -0.160. The molecule has 7 aliphatic carbocycles. The molecular weight excluding hydrogens is 336 g/mol. The summed E-state index contributed by atoms with van der Waals surface area (Å²) in [6.45, 7) is 7.12. The van der Waals surface area contributed by atoms with Crippen molar-refractivity contribution in [2.45, 2.75) is 46.1 Å². The molecule has 0 aliphatic heterocycles. The van der Waals surface area contributed by atoms with Crippen molar-refractivity contribution >= 4 is 5.97 Å². The Bertz CT molecular complexity index is 803. The maximum absolute atomic E-state index is 13.3. The predicted octanol–water partition coefficient (Wildman–Crippen LogP) is 3.52. The Kier molecular flexibility index (Phi) is 2.49. The second kappa shape index (κ2) is 4.20. The van der Waals surface area contributed by atoms with Gasteiger partial charge in [0.1, 0.15) is 0 Å². The highest BCUT2D eigenvalue weighted by Crippen LogP contribution is 2.89. The zero-order chi connectivity index (χ0) is 18.7. The van der Waals surface area contributed by atoms with Crippen molar-refractivity contribution in [1.29, 1.82) is 0 Å². The summed E-state index contributed by atoms with van der Waals surface area (Å²) in [5, 5.41) is 11.8. The Morgan fingerprint density at radius 1 is 1.04 bits per heavy atom. The summed E-state index contributed by atoms with van der Waals surface area (Å²) in [6, 6.07) is 0. The van der Waals surface area contributed by atoms with Crippen molar-refractivity contribution in [3.63, 3.8) is 0 Å². The molecule has 0 saturated heterocycles. The Labute approximate surface area is 161 Å². The van der Waals surface area contributed by atoms with E-state index in [1.54, 1.807) is 7.11 Å². The van der Waals surface area contributed by atoms with Gasteiger partial charge in [0.15, 0.2) is 0 Å². The first-order valence-corrected chi connectivity index (χ1v) is 11.3. The van der Waals surface area contributed by atoms with Crippen LogP contribution in [0.3, 0.4) is 0 Å². The first-order valence-electron chi connectivity index (χ1n) is 11.3. The summed E-state index contributed by atoms with van der Waals surface area (Å²) in [7, 11) is 1.60. The van der Waals surface area contributed by atoms with Gasteiger partial charge in [-0.25, -0.2) is 0 Å². The highest BCUT2D eigenvalue weighted by atomic mass is 16.5. The monoisotopic (exact) mass is 368 g/mol. The lowest BCUT2D eigenvalue weighted by atomic mass is 9.64. The van der Waals surface area contributed by atoms with E-state index in [2.05, 4.69) is 32.9 Å². The maximum Gasteiger partial charge on any atom is 0.312 e. The Morgan fingerprint density at radius 2 is 1.74 bits per heavy atom. The minimum Gasteiger partial charge on any atom is -0.469 e. The average molecular weight is 369 g/mol. The van der Waals surface area contributed by atoms with Crippen LogP contribution in [-0.4, -0.2) is 24.3 Å². The van der Waals surface area contributed by atoms with E-state index < -0.39 is 0 Å². The van der Waals surface area contributed by atoms with Gasteiger partial charge < -0.3 is 9.84 Å². The number of ether oxygens (including phenoxy) is 1. The molecule has 3 nitrogen and oxygen atoms in total. The maximum atomic E-state index is 13.3. The van der Waals surface area contributed by atoms with Crippen LogP contribution in [0, 0.1) is 75.4 Å². The third kappa shape index (κ3) is 1.22. The van der Waals surface area contributed by atoms with Crippen molar-refractivity contribution < 1.29 is 14.6 Å². The number of hydrogen-bond acceptors (Lipinski definition) is 3. The molecule has 0 amide bonds. The fourth-order valence-corrected chi connectivity index (χ4v) is 12.0. The largest absolute Gasteiger partial charge is 0.469 e. The SMILES string of the molecule is COC(=O)[C@]1(C)C2C3CC=CC3C3C2C2C4C5C(CC[C@@]5(C)[C@H](O)C34C)C21. The van der Waals surface area contributed by atoms with Crippen LogP contribution in [0.2, 0.25) is 0 Å². The summed E-state index contributed by atoms with van der Waals surface area (Å²) in [4.78, 5) is 13.3. The van der Waals surface area contributed by atoms with Crippen LogP contribution in [-0.2, 0) is 9.53 Å². The summed E-state index contributed by atoms with van der Waals surface area (Å²) < 4.78 is 5.50. The van der Waals surface area contributed by atoms with Gasteiger partial charge in [0, 0.05) is 5.41 Å². The number of carbonyl (C=O) groups is 1. The molecule has 146 valence electrons. The van der Waals surface area contributed by atoms with E-state index in [0.717, 1.165) is 12.8 Å². The molecule has 27 heavy (non-hydrogen) atoms. The van der Waals surface area contributed by atoms with Crippen molar-refractivity contribution in [3.8, 4) is 0 Å². The van der Waals surface area contributed by atoms with Gasteiger partial charge in [0.05, 0.1) is 18.6 Å². The van der Waals surface area contributed by atoms with E-state index in [0.29, 0.717) is 59.2 Å². The lowest BCUT2D eigenvalue weighted by Gasteiger charge is -2.41. The number of rotatable bonds is 1. The molecule has 3 heteroatoms. The number of aliphatic hydroxyl groups is 1. The normalized spacial score (nSPS) is 70.8. The molecule has 0 radical (unpaired) electrons. The number of carbonyl (C=O) groups excluding carboxylic acids is 1. The van der Waals surface area contributed by atoms with Crippen LogP contribution in [0.15, 0.2) is 12.2 Å². The molecule has 6 fully saturated rings. The van der Waals surface area contributed by atoms with E-state index >= 15 is 0 Å². The smallest absolute Gasteiger partial charge is 0.312 e. The predicted molar refractivity (Wildman–Crippen MR) is 100 cm³/mol. The van der Waals surface area contributed by atoms with E-state index in [9.17, 15) is 9.90 Å². The molecule has 6 saturated carbocycles. The Balaban J connectivity index is 1.52. The van der Waals surface area contributed by atoms with Crippen LogP contribution in [0.25, 0.3) is 0 Å². The summed E-state index contributed by atoms with van der Waals surface area (Å²) in [6.07, 6.45) is 8.13. The molecule has 0 bridgehead atoms. The molecule has 1 N–H and O–H groups in total. The average Bonchev–Trinajstić information content (AvgIpc) is 3.42. The van der Waals surface area contributed by atoms with E-state index in [-0.39, 0.29) is 28.3 Å². The first kappa shape index (κ1) is 16.0. The third-order valence-electron chi connectivity index (χ3n) is 12.0. The van der Waals surface area contributed by atoms with Gasteiger partial charge in [-0.1, -0.05) is 26.0 Å². The molecule has 0 aromatic rings. The number of methoxy groups -OCH3 is 1. The first-order chi connectivity index (χ1) is 12.8. The number of allylic oxidation sites excluding steroid dienone is 2. The van der Waals surface area contributed by atoms with Gasteiger partial charge in [-0.2, -0.15) is 0 Å². The van der Waals surface area contributed by atoms with Crippen molar-refractivity contribution in [3.05, 3.63) is 12.2 Å². The minimum atomic E-state index is -0.319. The van der Waals surface area contributed by atoms with Gasteiger partial charge >= 0.3 is 5.97 Å². The topological polar surface area (TPSA) is 46.5 Å². The van der Waals surface area contributed by atoms with Gasteiger partial charge in [0.2, 0.25) is 0 Å². The fraction of sp³-hybridized carbons (Fsp3) is 0.875. The second-order valence-corrected chi connectivity index (χ2v) is 11.9. The minimum absolute atomic E-state index is 0.0476. The molecule has 0 aromatic carbocycles. The number of hydrogen-bond donors (Lipinski definition) is 1. The third-order valence-corrected chi connectivity index (χ3v) is 12.0. The van der Waals surface area contributed by atoms with Gasteiger partial charge in [-0.05, 0) is 90.8 Å². The van der Waals surface area contributed by atoms with Crippen molar-refractivity contribution in [2.75, 3.05) is 7.11 Å². The molecule has 7 rings (SSSR count). The Morgan fingerprint density at radius 3 is 2.48 bits per heavy atom. The van der Waals surface area contributed by atoms with Crippen LogP contribution < -0.4 is 0 Å². The molecule has 11 unspecified atom stereocenters. The van der Waals surface area contributed by atoms with Gasteiger partial charge in [-0.3, -0.25) is 4.79 Å². The van der Waals surface area contributed by atoms with Crippen molar-refractivity contribution in [2.24, 2.45) is 75.4 Å². The van der Waals surface area contributed by atoms with E-state index in [4.69, 9.17) is 4.74 Å². The number of aliphatic hydroxyl groups excluding tert-OH is 1. The van der Waals surface area contributed by atoms with Crippen molar-refractivity contribution in [1.82, 2.24) is 0 Å². The van der Waals surface area contributed by atoms with Gasteiger partial charge in [-0.15, -0.1) is 0 Å². The van der Waals surface area contributed by atoms with E-state index in [1.165, 1.54) is 6.42 Å². The molecule has 0 spiro atoms. The molecule has 14 atom stereocenters. The zero-order valence-corrected chi connectivity index (χ0v) is 16.9. The van der Waals surface area contributed by atoms with Gasteiger partial charge in [0.25, 0.3) is 0 Å². The second-order valence-electron chi connectivity index (χ2n) is 11.9. The molecular formula is C24H32O3. The highest BCUT2D eigenvalue weighted by Gasteiger charge is 2.88. The quantitative estimate of drug-likeness (QED) is 0.569. The molecule has 0 aromatic heterocycles. The summed E-state index contributed by atoms with van der Waals surface area (Å²) in [5.74, 6) is 5.83. The van der Waals surface area contributed by atoms with Crippen LogP contribution in [0.4, 0.5) is 0 Å². The Hall–Kier alpha value is -0.830. The van der Waals surface area contributed by atoms with Crippen LogP contribution in [0.5, 0.6) is 0 Å². The number of fused-ring (bicyclic) bond motifs is 5. The lowest BCUT2D eigenvalue weighted by Crippen LogP contribution is -2.45. The molecule has 7 aliphatic rings. The summed E-state index contributed by atoms with van der Waals surface area (Å²) in [5.41, 5.74) is -0.210. The zero-order valence-electron chi connectivity index (χ0n) is 16.9. The fourth-order valence-electron chi connectivity index (χ4n) is 12.0. The number of esters is 1. The standard InChI is InChI=1S/C24H32O3/c1-22-9-8-12-17-14-13-15(23(2,20(22)25)19(14)18(12)22)10-6-5-7-11(10)16(13)24(17,3)21(26)27-4/h5-6,10-20,25H,7-9H2,1-4H3/t10?,11?,12?,13?,14?,15?,16?,17?,18?,19?,20-,22+,23?,24+/m0/s1. The highest BCUT2D eigenvalue weighted by molar-refractivity contribution is 5.78. The van der Waals surface area contributed by atoms with E-state index in [1.807, 2.05) is 0 Å². The molecule has 0 heterocycles. The summed E-state index contributed by atoms with van der Waals surface area (Å²) >= 11 is 0.